The Morgan fingerprint density at radius 2 is 2.00 bits per heavy atom. The van der Waals surface area contributed by atoms with Gasteiger partial charge in [-0.25, -0.2) is 0 Å². The van der Waals surface area contributed by atoms with Gasteiger partial charge < -0.3 is 10.0 Å². The second-order valence-corrected chi connectivity index (χ2v) is 4.22. The first kappa shape index (κ1) is 10.9. The fraction of sp³-hybridized carbons (Fsp3) is 0.250. The average molecular weight is 244 g/mol. The highest BCUT2D eigenvalue weighted by molar-refractivity contribution is 5.92. The molecule has 18 heavy (non-hydrogen) atoms. The average Bonchev–Trinajstić information content (AvgIpc) is 2.85. The normalized spacial score (nSPS) is 15.5. The summed E-state index contributed by atoms with van der Waals surface area (Å²) in [6, 6.07) is 9.39. The number of carbonyl (C=O) groups excluding carboxylic acids is 1. The van der Waals surface area contributed by atoms with Crippen molar-refractivity contribution in [1.82, 2.24) is 19.9 Å². The topological polar surface area (TPSA) is 71.2 Å². The Kier molecular flexibility index (Phi) is 2.56. The zero-order chi connectivity index (χ0) is 12.5. The lowest BCUT2D eigenvalue weighted by Gasteiger charge is -2.35. The van der Waals surface area contributed by atoms with Crippen molar-refractivity contribution >= 4 is 5.91 Å². The summed E-state index contributed by atoms with van der Waals surface area (Å²) in [6.07, 6.45) is 1.04. The largest absolute Gasteiger partial charge is 0.389 e. The Hall–Kier alpha value is -2.21. The molecular formula is C12H12N4O2. The molecule has 0 radical (unpaired) electrons. The molecule has 1 aliphatic heterocycles. The number of aliphatic hydroxyl groups is 1. The molecule has 0 spiro atoms. The number of aliphatic hydroxyl groups excluding tert-OH is 1. The quantitative estimate of drug-likeness (QED) is 0.812. The van der Waals surface area contributed by atoms with Crippen LogP contribution in [0.2, 0.25) is 0 Å². The molecule has 6 heteroatoms. The molecule has 6 nitrogen and oxygen atoms in total. The van der Waals surface area contributed by atoms with E-state index in [1.165, 1.54) is 11.0 Å². The first-order valence-electron chi connectivity index (χ1n) is 5.69. The Morgan fingerprint density at radius 3 is 2.67 bits per heavy atom. The first-order valence-corrected chi connectivity index (χ1v) is 5.69. The molecule has 92 valence electrons. The molecule has 1 saturated heterocycles. The zero-order valence-electron chi connectivity index (χ0n) is 9.60. The molecule has 0 atom stereocenters. The number of carbonyl (C=O) groups is 1. The number of para-hydroxylation sites is 1. The SMILES string of the molecule is O=C(c1cnn(-c2ccccc2)n1)N1CC(O)C1. The predicted molar refractivity (Wildman–Crippen MR) is 63.3 cm³/mol. The molecule has 1 aliphatic rings. The van der Waals surface area contributed by atoms with Crippen molar-refractivity contribution in [2.75, 3.05) is 13.1 Å². The van der Waals surface area contributed by atoms with E-state index in [0.717, 1.165) is 5.69 Å². The Morgan fingerprint density at radius 1 is 1.28 bits per heavy atom. The maximum absolute atomic E-state index is 11.9. The first-order chi connectivity index (χ1) is 8.74. The maximum atomic E-state index is 11.9. The van der Waals surface area contributed by atoms with Gasteiger partial charge in [0.05, 0.1) is 18.0 Å². The summed E-state index contributed by atoms with van der Waals surface area (Å²) >= 11 is 0. The van der Waals surface area contributed by atoms with Crippen LogP contribution in [0.5, 0.6) is 0 Å². The third-order valence-corrected chi connectivity index (χ3v) is 2.85. The van der Waals surface area contributed by atoms with E-state index >= 15 is 0 Å². The van der Waals surface area contributed by atoms with Crippen LogP contribution in [-0.4, -0.2) is 50.1 Å². The number of benzene rings is 1. The maximum Gasteiger partial charge on any atom is 0.276 e. The minimum atomic E-state index is -0.405. The van der Waals surface area contributed by atoms with E-state index < -0.39 is 6.10 Å². The van der Waals surface area contributed by atoms with Gasteiger partial charge in [0.2, 0.25) is 0 Å². The van der Waals surface area contributed by atoms with E-state index in [1.54, 1.807) is 4.90 Å². The van der Waals surface area contributed by atoms with Crippen LogP contribution in [0.15, 0.2) is 36.5 Å². The molecule has 2 heterocycles. The van der Waals surface area contributed by atoms with Gasteiger partial charge in [0, 0.05) is 13.1 Å². The van der Waals surface area contributed by atoms with Crippen LogP contribution in [0.4, 0.5) is 0 Å². The number of amides is 1. The van der Waals surface area contributed by atoms with Gasteiger partial charge in [-0.05, 0) is 12.1 Å². The summed E-state index contributed by atoms with van der Waals surface area (Å²) in [6.45, 7) is 0.744. The summed E-state index contributed by atoms with van der Waals surface area (Å²) in [7, 11) is 0. The molecule has 3 rings (SSSR count). The smallest absolute Gasteiger partial charge is 0.276 e. The Balaban J connectivity index is 1.80. The molecule has 0 bridgehead atoms. The Bertz CT molecular complexity index is 560. The lowest BCUT2D eigenvalue weighted by atomic mass is 10.1. The zero-order valence-corrected chi connectivity index (χ0v) is 9.60. The van der Waals surface area contributed by atoms with Gasteiger partial charge in [0.15, 0.2) is 5.69 Å². The van der Waals surface area contributed by atoms with Gasteiger partial charge in [-0.15, -0.1) is 5.10 Å². The van der Waals surface area contributed by atoms with Crippen molar-refractivity contribution < 1.29 is 9.90 Å². The lowest BCUT2D eigenvalue weighted by Crippen LogP contribution is -2.53. The van der Waals surface area contributed by atoms with E-state index in [1.807, 2.05) is 30.3 Å². The van der Waals surface area contributed by atoms with Crippen molar-refractivity contribution in [3.05, 3.63) is 42.2 Å². The van der Waals surface area contributed by atoms with E-state index in [0.29, 0.717) is 18.8 Å². The van der Waals surface area contributed by atoms with Crippen LogP contribution in [0.1, 0.15) is 10.5 Å². The minimum absolute atomic E-state index is 0.192. The van der Waals surface area contributed by atoms with Gasteiger partial charge in [-0.2, -0.15) is 9.90 Å². The predicted octanol–water partition coefficient (Wildman–Crippen LogP) is 0.0840. The van der Waals surface area contributed by atoms with Crippen molar-refractivity contribution in [3.63, 3.8) is 0 Å². The van der Waals surface area contributed by atoms with E-state index in [9.17, 15) is 4.79 Å². The van der Waals surface area contributed by atoms with Crippen molar-refractivity contribution in [2.45, 2.75) is 6.10 Å². The molecule has 0 aliphatic carbocycles. The van der Waals surface area contributed by atoms with Crippen molar-refractivity contribution in [3.8, 4) is 5.69 Å². The highest BCUT2D eigenvalue weighted by Gasteiger charge is 2.30. The number of likely N-dealkylation sites (tertiary alicyclic amines) is 1. The standard InChI is InChI=1S/C12H12N4O2/c17-10-7-15(8-10)12(18)11-6-13-16(14-11)9-4-2-1-3-5-9/h1-6,10,17H,7-8H2. The lowest BCUT2D eigenvalue weighted by molar-refractivity contribution is 0.00547. The number of β-amino-alcohol motifs (C(OH)–C–C–N with tert-alkyl or cyclic N) is 1. The van der Waals surface area contributed by atoms with Crippen LogP contribution in [0, 0.1) is 0 Å². The molecule has 1 fully saturated rings. The van der Waals surface area contributed by atoms with E-state index in [4.69, 9.17) is 5.11 Å². The third-order valence-electron chi connectivity index (χ3n) is 2.85. The van der Waals surface area contributed by atoms with Gasteiger partial charge in [0.1, 0.15) is 0 Å². The molecule has 1 amide bonds. The van der Waals surface area contributed by atoms with E-state index in [2.05, 4.69) is 10.2 Å². The number of rotatable bonds is 2. The monoisotopic (exact) mass is 244 g/mol. The van der Waals surface area contributed by atoms with Crippen LogP contribution >= 0.6 is 0 Å². The minimum Gasteiger partial charge on any atom is -0.389 e. The third kappa shape index (κ3) is 1.86. The molecule has 0 saturated carbocycles. The molecule has 1 aromatic heterocycles. The van der Waals surface area contributed by atoms with Gasteiger partial charge >= 0.3 is 0 Å². The molecule has 1 aromatic carbocycles. The van der Waals surface area contributed by atoms with Crippen LogP contribution in [0.3, 0.4) is 0 Å². The molecule has 2 aromatic rings. The van der Waals surface area contributed by atoms with Crippen LogP contribution in [0.25, 0.3) is 5.69 Å². The number of hydrogen-bond donors (Lipinski definition) is 1. The second kappa shape index (κ2) is 4.23. The number of hydrogen-bond acceptors (Lipinski definition) is 4. The van der Waals surface area contributed by atoms with Gasteiger partial charge in [-0.3, -0.25) is 4.79 Å². The van der Waals surface area contributed by atoms with Crippen molar-refractivity contribution in [1.29, 1.82) is 0 Å². The van der Waals surface area contributed by atoms with E-state index in [-0.39, 0.29) is 5.91 Å². The fourth-order valence-corrected chi connectivity index (χ4v) is 1.83. The molecular weight excluding hydrogens is 232 g/mol. The molecule has 0 unspecified atom stereocenters. The number of nitrogens with zero attached hydrogens (tertiary/aromatic N) is 4. The second-order valence-electron chi connectivity index (χ2n) is 4.22. The van der Waals surface area contributed by atoms with Crippen molar-refractivity contribution in [2.24, 2.45) is 0 Å². The summed E-state index contributed by atoms with van der Waals surface area (Å²) < 4.78 is 0. The molecule has 1 N–H and O–H groups in total. The summed E-state index contributed by atoms with van der Waals surface area (Å²) in [5, 5.41) is 17.4. The van der Waals surface area contributed by atoms with Crippen LogP contribution < -0.4 is 0 Å². The summed E-state index contributed by atoms with van der Waals surface area (Å²) in [5.74, 6) is -0.192. The van der Waals surface area contributed by atoms with Crippen LogP contribution in [-0.2, 0) is 0 Å². The summed E-state index contributed by atoms with van der Waals surface area (Å²) in [4.78, 5) is 14.9. The highest BCUT2D eigenvalue weighted by atomic mass is 16.3. The van der Waals surface area contributed by atoms with Gasteiger partial charge in [-0.1, -0.05) is 18.2 Å². The summed E-state index contributed by atoms with van der Waals surface area (Å²) in [5.41, 5.74) is 1.10. The fourth-order valence-electron chi connectivity index (χ4n) is 1.83. The number of aromatic nitrogens is 3. The highest BCUT2D eigenvalue weighted by Crippen LogP contribution is 2.12. The Labute approximate surface area is 103 Å². The van der Waals surface area contributed by atoms with Gasteiger partial charge in [0.25, 0.3) is 5.91 Å².